The standard InChI is InChI=1S/C28H23N3O4/c1-28(24-13-7-9-19-8-5-6-12-23(19)24)26(33)31(27(34)30-28)18-25(32)29-20-14-16-22(17-15-20)35-21-10-3-2-4-11-21/h2-17H,18H2,1H3,(H,29,32)(H,30,34)/t28-/m1/s1. The van der Waals surface area contributed by atoms with E-state index < -0.39 is 29.9 Å². The lowest BCUT2D eigenvalue weighted by atomic mass is 9.88. The van der Waals surface area contributed by atoms with Crippen LogP contribution in [0.25, 0.3) is 10.8 Å². The molecule has 0 aliphatic carbocycles. The number of carbonyl (C=O) groups excluding carboxylic acids is 3. The van der Waals surface area contributed by atoms with Crippen LogP contribution in [0.3, 0.4) is 0 Å². The van der Waals surface area contributed by atoms with Crippen molar-refractivity contribution in [2.45, 2.75) is 12.5 Å². The average Bonchev–Trinajstić information content (AvgIpc) is 3.09. The van der Waals surface area contributed by atoms with Gasteiger partial charge in [-0.1, -0.05) is 60.7 Å². The Bertz CT molecular complexity index is 1410. The Kier molecular flexibility index (Phi) is 5.66. The molecule has 1 heterocycles. The fourth-order valence-electron chi connectivity index (χ4n) is 4.26. The second-order valence-electron chi connectivity index (χ2n) is 8.46. The number of anilines is 1. The second-order valence-corrected chi connectivity index (χ2v) is 8.46. The largest absolute Gasteiger partial charge is 0.457 e. The summed E-state index contributed by atoms with van der Waals surface area (Å²) in [4.78, 5) is 39.7. The maximum Gasteiger partial charge on any atom is 0.325 e. The number of ether oxygens (including phenoxy) is 1. The van der Waals surface area contributed by atoms with Crippen LogP contribution in [0.15, 0.2) is 97.1 Å². The van der Waals surface area contributed by atoms with Gasteiger partial charge in [-0.05, 0) is 59.7 Å². The van der Waals surface area contributed by atoms with Gasteiger partial charge in [-0.2, -0.15) is 0 Å². The molecule has 7 heteroatoms. The molecule has 0 radical (unpaired) electrons. The highest BCUT2D eigenvalue weighted by Gasteiger charge is 2.50. The van der Waals surface area contributed by atoms with Crippen LogP contribution in [0.2, 0.25) is 0 Å². The Morgan fingerprint density at radius 3 is 2.29 bits per heavy atom. The molecule has 0 unspecified atom stereocenters. The van der Waals surface area contributed by atoms with E-state index in [0.717, 1.165) is 15.7 Å². The Morgan fingerprint density at radius 2 is 1.51 bits per heavy atom. The molecule has 7 nitrogen and oxygen atoms in total. The summed E-state index contributed by atoms with van der Waals surface area (Å²) in [5, 5.41) is 7.34. The van der Waals surface area contributed by atoms with Crippen LogP contribution in [0, 0.1) is 0 Å². The molecule has 0 saturated carbocycles. The maximum absolute atomic E-state index is 13.3. The molecular formula is C28H23N3O4. The van der Waals surface area contributed by atoms with Crippen molar-refractivity contribution in [3.63, 3.8) is 0 Å². The number of nitrogens with one attached hydrogen (secondary N) is 2. The van der Waals surface area contributed by atoms with Crippen molar-refractivity contribution in [1.29, 1.82) is 0 Å². The van der Waals surface area contributed by atoms with Gasteiger partial charge in [0.15, 0.2) is 0 Å². The van der Waals surface area contributed by atoms with Crippen LogP contribution in [0.5, 0.6) is 11.5 Å². The van der Waals surface area contributed by atoms with E-state index in [0.29, 0.717) is 22.7 Å². The Morgan fingerprint density at radius 1 is 0.857 bits per heavy atom. The SMILES string of the molecule is C[C@]1(c2cccc3ccccc23)NC(=O)N(CC(=O)Nc2ccc(Oc3ccccc3)cc2)C1=O. The molecule has 1 fully saturated rings. The van der Waals surface area contributed by atoms with Crippen molar-refractivity contribution in [3.8, 4) is 11.5 Å². The van der Waals surface area contributed by atoms with E-state index in [-0.39, 0.29) is 0 Å². The molecule has 1 atom stereocenters. The van der Waals surface area contributed by atoms with Crippen molar-refractivity contribution < 1.29 is 19.1 Å². The number of imide groups is 1. The van der Waals surface area contributed by atoms with Crippen molar-refractivity contribution >= 4 is 34.3 Å². The molecule has 4 aromatic rings. The highest BCUT2D eigenvalue weighted by atomic mass is 16.5. The lowest BCUT2D eigenvalue weighted by molar-refractivity contribution is -0.133. The second kappa shape index (κ2) is 8.95. The van der Waals surface area contributed by atoms with Crippen molar-refractivity contribution in [2.24, 2.45) is 0 Å². The summed E-state index contributed by atoms with van der Waals surface area (Å²) >= 11 is 0. The van der Waals surface area contributed by atoms with Crippen LogP contribution in [0.1, 0.15) is 12.5 Å². The predicted octanol–water partition coefficient (Wildman–Crippen LogP) is 5.04. The van der Waals surface area contributed by atoms with Crippen LogP contribution >= 0.6 is 0 Å². The minimum Gasteiger partial charge on any atom is -0.457 e. The fourth-order valence-corrected chi connectivity index (χ4v) is 4.26. The number of nitrogens with zero attached hydrogens (tertiary/aromatic N) is 1. The lowest BCUT2D eigenvalue weighted by Gasteiger charge is -2.24. The molecule has 4 amide bonds. The third-order valence-electron chi connectivity index (χ3n) is 6.02. The van der Waals surface area contributed by atoms with E-state index in [1.54, 1.807) is 31.2 Å². The molecule has 5 rings (SSSR count). The van der Waals surface area contributed by atoms with Gasteiger partial charge in [-0.15, -0.1) is 0 Å². The molecule has 4 aromatic carbocycles. The summed E-state index contributed by atoms with van der Waals surface area (Å²) in [6.45, 7) is 1.27. The number of benzene rings is 4. The molecule has 0 spiro atoms. The summed E-state index contributed by atoms with van der Waals surface area (Å²) in [6.07, 6.45) is 0. The minimum absolute atomic E-state index is 0.396. The van der Waals surface area contributed by atoms with Crippen LogP contribution in [0.4, 0.5) is 10.5 Å². The quantitative estimate of drug-likeness (QED) is 0.391. The summed E-state index contributed by atoms with van der Waals surface area (Å²) in [5.41, 5.74) is -0.0561. The monoisotopic (exact) mass is 465 g/mol. The van der Waals surface area contributed by atoms with Gasteiger partial charge in [0, 0.05) is 5.69 Å². The highest BCUT2D eigenvalue weighted by molar-refractivity contribution is 6.11. The van der Waals surface area contributed by atoms with Crippen LogP contribution < -0.4 is 15.4 Å². The average molecular weight is 466 g/mol. The van der Waals surface area contributed by atoms with E-state index >= 15 is 0 Å². The van der Waals surface area contributed by atoms with E-state index in [1.807, 2.05) is 72.8 Å². The highest BCUT2D eigenvalue weighted by Crippen LogP contribution is 2.33. The molecule has 35 heavy (non-hydrogen) atoms. The summed E-state index contributed by atoms with van der Waals surface area (Å²) < 4.78 is 5.75. The maximum atomic E-state index is 13.3. The van der Waals surface area contributed by atoms with Gasteiger partial charge in [0.25, 0.3) is 5.91 Å². The number of carbonyl (C=O) groups is 3. The van der Waals surface area contributed by atoms with Gasteiger partial charge < -0.3 is 15.4 Å². The zero-order valence-electron chi connectivity index (χ0n) is 19.0. The Labute approximate surface area is 202 Å². The van der Waals surface area contributed by atoms with Gasteiger partial charge in [0.2, 0.25) is 5.91 Å². The minimum atomic E-state index is -1.27. The molecule has 1 saturated heterocycles. The summed E-state index contributed by atoms with van der Waals surface area (Å²) in [5.74, 6) is 0.374. The van der Waals surface area contributed by atoms with Gasteiger partial charge in [0.05, 0.1) is 0 Å². The van der Waals surface area contributed by atoms with Crippen LogP contribution in [-0.2, 0) is 15.1 Å². The molecule has 2 N–H and O–H groups in total. The number of para-hydroxylation sites is 1. The third-order valence-corrected chi connectivity index (χ3v) is 6.02. The Balaban J connectivity index is 1.27. The van der Waals surface area contributed by atoms with Crippen LogP contribution in [-0.4, -0.2) is 29.3 Å². The smallest absolute Gasteiger partial charge is 0.325 e. The topological polar surface area (TPSA) is 87.7 Å². The number of amides is 4. The first-order chi connectivity index (χ1) is 16.9. The fraction of sp³-hybridized carbons (Fsp3) is 0.107. The number of rotatable bonds is 6. The number of urea groups is 1. The van der Waals surface area contributed by atoms with Crippen molar-refractivity contribution in [2.75, 3.05) is 11.9 Å². The van der Waals surface area contributed by atoms with Gasteiger partial charge >= 0.3 is 6.03 Å². The van der Waals surface area contributed by atoms with E-state index in [9.17, 15) is 14.4 Å². The first kappa shape index (κ1) is 22.2. The van der Waals surface area contributed by atoms with Crippen molar-refractivity contribution in [3.05, 3.63) is 103 Å². The van der Waals surface area contributed by atoms with Gasteiger partial charge in [-0.3, -0.25) is 14.5 Å². The molecule has 0 aromatic heterocycles. The number of fused-ring (bicyclic) bond motifs is 1. The van der Waals surface area contributed by atoms with Gasteiger partial charge in [0.1, 0.15) is 23.6 Å². The number of hydrogen-bond acceptors (Lipinski definition) is 4. The van der Waals surface area contributed by atoms with E-state index in [4.69, 9.17) is 4.74 Å². The normalized spacial score (nSPS) is 17.3. The molecule has 1 aliphatic heterocycles. The molecule has 174 valence electrons. The molecule has 1 aliphatic rings. The Hall–Kier alpha value is -4.65. The van der Waals surface area contributed by atoms with Crippen molar-refractivity contribution in [1.82, 2.24) is 10.2 Å². The van der Waals surface area contributed by atoms with Gasteiger partial charge in [-0.25, -0.2) is 4.79 Å². The zero-order valence-corrected chi connectivity index (χ0v) is 19.0. The first-order valence-corrected chi connectivity index (χ1v) is 11.2. The predicted molar refractivity (Wildman–Crippen MR) is 133 cm³/mol. The third kappa shape index (κ3) is 4.31. The zero-order chi connectivity index (χ0) is 24.4. The molecular weight excluding hydrogens is 442 g/mol. The van der Waals surface area contributed by atoms with E-state index in [2.05, 4.69) is 10.6 Å². The number of hydrogen-bond donors (Lipinski definition) is 2. The summed E-state index contributed by atoms with van der Waals surface area (Å²) in [6, 6.07) is 28.9. The van der Waals surface area contributed by atoms with E-state index in [1.165, 1.54) is 0 Å². The lowest BCUT2D eigenvalue weighted by Crippen LogP contribution is -2.42. The first-order valence-electron chi connectivity index (χ1n) is 11.2. The molecule has 0 bridgehead atoms. The summed E-state index contributed by atoms with van der Waals surface area (Å²) in [7, 11) is 0.